The average Bonchev–Trinajstić information content (AvgIpc) is 2.89. The first kappa shape index (κ1) is 10.0. The van der Waals surface area contributed by atoms with E-state index in [2.05, 4.69) is 25.2 Å². The van der Waals surface area contributed by atoms with Gasteiger partial charge in [-0.3, -0.25) is 0 Å². The molecule has 0 nitrogen and oxygen atoms in total. The minimum atomic E-state index is 0.643. The molecule has 14 heavy (non-hydrogen) atoms. The lowest BCUT2D eigenvalue weighted by atomic mass is 9.76. The van der Waals surface area contributed by atoms with Crippen LogP contribution in [0.25, 0.3) is 0 Å². The van der Waals surface area contributed by atoms with Gasteiger partial charge < -0.3 is 0 Å². The Balaban J connectivity index is 0.000000354. The van der Waals surface area contributed by atoms with Gasteiger partial charge in [0.2, 0.25) is 0 Å². The molecule has 0 heteroatoms. The van der Waals surface area contributed by atoms with Crippen molar-refractivity contribution in [1.82, 2.24) is 0 Å². The Morgan fingerprint density at radius 2 is 1.71 bits per heavy atom. The van der Waals surface area contributed by atoms with Crippen LogP contribution < -0.4 is 0 Å². The van der Waals surface area contributed by atoms with E-state index < -0.39 is 0 Å². The first-order chi connectivity index (χ1) is 6.77. The zero-order valence-electron chi connectivity index (χ0n) is 9.77. The molecule has 3 aliphatic rings. The van der Waals surface area contributed by atoms with E-state index >= 15 is 0 Å². The summed E-state index contributed by atoms with van der Waals surface area (Å²) >= 11 is 0. The van der Waals surface area contributed by atoms with E-state index in [-0.39, 0.29) is 0 Å². The Morgan fingerprint density at radius 1 is 1.07 bits per heavy atom. The van der Waals surface area contributed by atoms with Gasteiger partial charge in [-0.05, 0) is 37.0 Å². The van der Waals surface area contributed by atoms with E-state index in [1.165, 1.54) is 37.7 Å². The monoisotopic (exact) mass is 190 g/mol. The summed E-state index contributed by atoms with van der Waals surface area (Å²) < 4.78 is 0. The molecular formula is C14H22. The largest absolute Gasteiger partial charge is 0.0772 e. The summed E-state index contributed by atoms with van der Waals surface area (Å²) in [7, 11) is 0. The third kappa shape index (κ3) is 1.20. The van der Waals surface area contributed by atoms with Crippen LogP contribution in [-0.2, 0) is 0 Å². The fourth-order valence-corrected chi connectivity index (χ4v) is 3.42. The zero-order valence-corrected chi connectivity index (χ0v) is 9.77. The van der Waals surface area contributed by atoms with Gasteiger partial charge in [0.1, 0.15) is 0 Å². The van der Waals surface area contributed by atoms with Crippen molar-refractivity contribution >= 4 is 0 Å². The van der Waals surface area contributed by atoms with Gasteiger partial charge in [0.05, 0.1) is 0 Å². The molecule has 3 rings (SSSR count). The van der Waals surface area contributed by atoms with Gasteiger partial charge >= 0.3 is 0 Å². The van der Waals surface area contributed by atoms with Crippen molar-refractivity contribution < 1.29 is 0 Å². The second kappa shape index (κ2) is 3.25. The van der Waals surface area contributed by atoms with Gasteiger partial charge in [-0.15, -0.1) is 0 Å². The van der Waals surface area contributed by atoms with Crippen LogP contribution in [0.1, 0.15) is 52.9 Å². The van der Waals surface area contributed by atoms with Crippen molar-refractivity contribution in [2.75, 3.05) is 0 Å². The van der Waals surface area contributed by atoms with Crippen LogP contribution in [0.2, 0.25) is 0 Å². The van der Waals surface area contributed by atoms with E-state index in [4.69, 9.17) is 0 Å². The standard InChI is InChI=1S/C12H16.C2H6/c1-10-4-7-11-5-2-3-6-12(11,8-10)9-11;1-2/h4,7-8H,2-3,5-6,9H2,1H3;1-2H3. The van der Waals surface area contributed by atoms with Crippen LogP contribution in [0.15, 0.2) is 23.8 Å². The average molecular weight is 190 g/mol. The van der Waals surface area contributed by atoms with Crippen molar-refractivity contribution in [3.05, 3.63) is 23.8 Å². The fourth-order valence-electron chi connectivity index (χ4n) is 3.42. The first-order valence-corrected chi connectivity index (χ1v) is 6.15. The van der Waals surface area contributed by atoms with Crippen LogP contribution in [0, 0.1) is 10.8 Å². The van der Waals surface area contributed by atoms with E-state index in [0.29, 0.717) is 10.8 Å². The van der Waals surface area contributed by atoms with Crippen molar-refractivity contribution in [2.45, 2.75) is 52.9 Å². The van der Waals surface area contributed by atoms with Gasteiger partial charge in [-0.2, -0.15) is 0 Å². The molecule has 0 amide bonds. The quantitative estimate of drug-likeness (QED) is 0.528. The molecule has 0 aromatic heterocycles. The highest BCUT2D eigenvalue weighted by molar-refractivity contribution is 5.41. The van der Waals surface area contributed by atoms with Crippen molar-refractivity contribution in [2.24, 2.45) is 10.8 Å². The van der Waals surface area contributed by atoms with E-state index in [1.54, 1.807) is 0 Å². The summed E-state index contributed by atoms with van der Waals surface area (Å²) in [4.78, 5) is 0. The van der Waals surface area contributed by atoms with E-state index in [9.17, 15) is 0 Å². The number of hydrogen-bond donors (Lipinski definition) is 0. The molecule has 0 aromatic carbocycles. The van der Waals surface area contributed by atoms with Gasteiger partial charge in [0.25, 0.3) is 0 Å². The molecule has 0 heterocycles. The van der Waals surface area contributed by atoms with E-state index in [1.807, 2.05) is 13.8 Å². The highest BCUT2D eigenvalue weighted by atomic mass is 14.7. The molecule has 0 radical (unpaired) electrons. The second-order valence-electron chi connectivity index (χ2n) is 4.92. The van der Waals surface area contributed by atoms with Crippen molar-refractivity contribution in [3.8, 4) is 0 Å². The molecule has 3 aliphatic carbocycles. The lowest BCUT2D eigenvalue weighted by Gasteiger charge is -2.28. The maximum absolute atomic E-state index is 2.55. The predicted octanol–water partition coefficient (Wildman–Crippen LogP) is 4.48. The number of allylic oxidation sites excluding steroid dienone is 4. The first-order valence-electron chi connectivity index (χ1n) is 6.15. The topological polar surface area (TPSA) is 0 Å². The van der Waals surface area contributed by atoms with Gasteiger partial charge in [0, 0.05) is 0 Å². The third-order valence-electron chi connectivity index (χ3n) is 4.16. The Labute approximate surface area is 88.1 Å². The summed E-state index contributed by atoms with van der Waals surface area (Å²) in [6.07, 6.45) is 14.7. The smallest absolute Gasteiger partial charge is 0.00126 e. The molecule has 0 aromatic rings. The predicted molar refractivity (Wildman–Crippen MR) is 62.2 cm³/mol. The van der Waals surface area contributed by atoms with Crippen molar-refractivity contribution in [3.63, 3.8) is 0 Å². The molecule has 0 aliphatic heterocycles. The highest BCUT2D eigenvalue weighted by Crippen LogP contribution is 2.74. The van der Waals surface area contributed by atoms with Crippen LogP contribution in [-0.4, -0.2) is 0 Å². The lowest BCUT2D eigenvalue weighted by molar-refractivity contribution is 0.333. The SMILES string of the molecule is CC.CC1=CC23CCCCC2(C=C1)C3. The molecule has 0 spiro atoms. The van der Waals surface area contributed by atoms with Crippen LogP contribution in [0.4, 0.5) is 0 Å². The Kier molecular flexibility index (Phi) is 2.33. The summed E-state index contributed by atoms with van der Waals surface area (Å²) in [5, 5.41) is 0. The molecule has 0 bridgehead atoms. The fraction of sp³-hybridized carbons (Fsp3) is 0.714. The Morgan fingerprint density at radius 3 is 2.43 bits per heavy atom. The zero-order chi connectivity index (χ0) is 10.2. The normalized spacial score (nSPS) is 42.6. The van der Waals surface area contributed by atoms with Crippen LogP contribution in [0.5, 0.6) is 0 Å². The number of hydrogen-bond acceptors (Lipinski definition) is 0. The molecule has 0 saturated heterocycles. The molecule has 0 N–H and O–H groups in total. The van der Waals surface area contributed by atoms with Crippen molar-refractivity contribution in [1.29, 1.82) is 0 Å². The second-order valence-corrected chi connectivity index (χ2v) is 4.92. The lowest BCUT2D eigenvalue weighted by Crippen LogP contribution is -2.17. The summed E-state index contributed by atoms with van der Waals surface area (Å²) in [5.41, 5.74) is 2.78. The molecule has 2 atom stereocenters. The molecule has 78 valence electrons. The molecular weight excluding hydrogens is 168 g/mol. The Hall–Kier alpha value is -0.520. The van der Waals surface area contributed by atoms with Crippen LogP contribution in [0.3, 0.4) is 0 Å². The van der Waals surface area contributed by atoms with Gasteiger partial charge in [-0.1, -0.05) is 50.5 Å². The third-order valence-corrected chi connectivity index (χ3v) is 4.16. The van der Waals surface area contributed by atoms with E-state index in [0.717, 1.165) is 0 Å². The van der Waals surface area contributed by atoms with Crippen LogP contribution >= 0.6 is 0 Å². The van der Waals surface area contributed by atoms with Gasteiger partial charge in [-0.25, -0.2) is 0 Å². The molecule has 2 fully saturated rings. The maximum atomic E-state index is 2.55. The summed E-state index contributed by atoms with van der Waals surface area (Å²) in [6.45, 7) is 6.24. The minimum Gasteiger partial charge on any atom is -0.0772 e. The summed E-state index contributed by atoms with van der Waals surface area (Å²) in [6, 6.07) is 0. The minimum absolute atomic E-state index is 0.643. The van der Waals surface area contributed by atoms with Gasteiger partial charge in [0.15, 0.2) is 0 Å². The number of rotatable bonds is 0. The summed E-state index contributed by atoms with van der Waals surface area (Å²) in [5.74, 6) is 0. The Bertz CT molecular complexity index is 284. The highest BCUT2D eigenvalue weighted by Gasteiger charge is 2.65. The molecule has 2 saturated carbocycles. The maximum Gasteiger partial charge on any atom is -0.00126 e. The molecule has 2 unspecified atom stereocenters.